The number of aliphatic hydroxyl groups excluding tert-OH is 1. The summed E-state index contributed by atoms with van der Waals surface area (Å²) in [5.41, 5.74) is 1.67. The zero-order chi connectivity index (χ0) is 13.3. The van der Waals surface area contributed by atoms with Crippen molar-refractivity contribution in [1.82, 2.24) is 4.57 Å². The number of rotatable bonds is 4. The molecule has 1 N–H and O–H groups in total. The molecule has 0 amide bonds. The largest absolute Gasteiger partial charge is 0.389 e. The van der Waals surface area contributed by atoms with E-state index in [0.717, 1.165) is 10.9 Å². The number of benzene rings is 1. The minimum Gasteiger partial charge on any atom is -0.389 e. The number of hydrogen-bond acceptors (Lipinski definition) is 2. The molecule has 0 saturated heterocycles. The summed E-state index contributed by atoms with van der Waals surface area (Å²) >= 11 is 12.3. The van der Waals surface area contributed by atoms with Gasteiger partial charge in [-0.15, -0.1) is 0 Å². The number of aliphatic hydroxyl groups is 1. The Balaban J connectivity index is 2.66. The van der Waals surface area contributed by atoms with Gasteiger partial charge in [0.15, 0.2) is 0 Å². The first kappa shape index (κ1) is 13.7. The Kier molecular flexibility index (Phi) is 4.17. The van der Waals surface area contributed by atoms with Crippen LogP contribution in [0, 0.1) is 0 Å². The maximum atomic E-state index is 9.86. The highest BCUT2D eigenvalue weighted by Crippen LogP contribution is 2.35. The van der Waals surface area contributed by atoms with Gasteiger partial charge in [0.05, 0.1) is 12.7 Å². The second kappa shape index (κ2) is 5.49. The van der Waals surface area contributed by atoms with E-state index in [-0.39, 0.29) is 0 Å². The van der Waals surface area contributed by atoms with Gasteiger partial charge in [-0.05, 0) is 25.1 Å². The Bertz CT molecular complexity index is 564. The first-order valence-corrected chi connectivity index (χ1v) is 6.46. The van der Waals surface area contributed by atoms with E-state index >= 15 is 0 Å². The van der Waals surface area contributed by atoms with E-state index in [2.05, 4.69) is 0 Å². The molecule has 0 fully saturated rings. The highest BCUT2D eigenvalue weighted by molar-refractivity contribution is 6.33. The van der Waals surface area contributed by atoms with Crippen LogP contribution in [0.2, 0.25) is 10.2 Å². The predicted molar refractivity (Wildman–Crippen MR) is 74.5 cm³/mol. The average molecular weight is 288 g/mol. The molecule has 0 aliphatic heterocycles. The fraction of sp³-hybridized carbons (Fsp3) is 0.385. The van der Waals surface area contributed by atoms with Gasteiger partial charge < -0.3 is 14.4 Å². The third kappa shape index (κ3) is 2.36. The third-order valence-corrected chi connectivity index (χ3v) is 3.58. The van der Waals surface area contributed by atoms with Crippen LogP contribution in [0.15, 0.2) is 18.2 Å². The lowest BCUT2D eigenvalue weighted by molar-refractivity contribution is 0.187. The number of aromatic nitrogens is 1. The average Bonchev–Trinajstić information content (AvgIpc) is 2.58. The molecule has 18 heavy (non-hydrogen) atoms. The van der Waals surface area contributed by atoms with Gasteiger partial charge in [0, 0.05) is 35.1 Å². The van der Waals surface area contributed by atoms with Crippen LogP contribution < -0.4 is 0 Å². The minimum absolute atomic E-state index is 0.541. The molecule has 0 saturated carbocycles. The number of hydrogen-bond donors (Lipinski definition) is 1. The van der Waals surface area contributed by atoms with E-state index in [1.165, 1.54) is 0 Å². The summed E-state index contributed by atoms with van der Waals surface area (Å²) in [6, 6.07) is 5.55. The molecule has 0 bridgehead atoms. The molecule has 1 aromatic carbocycles. The highest BCUT2D eigenvalue weighted by Gasteiger charge is 2.19. The van der Waals surface area contributed by atoms with E-state index in [9.17, 15) is 5.11 Å². The molecular formula is C13H15Cl2NO2. The molecule has 1 unspecified atom stereocenters. The van der Waals surface area contributed by atoms with Gasteiger partial charge in [0.2, 0.25) is 0 Å². The molecule has 2 aromatic rings. The minimum atomic E-state index is -0.637. The zero-order valence-corrected chi connectivity index (χ0v) is 11.8. The Morgan fingerprint density at radius 1 is 1.39 bits per heavy atom. The van der Waals surface area contributed by atoms with Gasteiger partial charge in [0.1, 0.15) is 5.15 Å². The van der Waals surface area contributed by atoms with Crippen LogP contribution in [-0.4, -0.2) is 23.4 Å². The molecule has 1 atom stereocenters. The highest BCUT2D eigenvalue weighted by atomic mass is 35.5. The standard InChI is InChI=1S/C13H15Cl2NO2/c1-8(17)12-10-7-9(14)3-4-11(10)16(13(12)15)5-6-18-2/h3-4,7-8,17H,5-6H2,1-2H3. The number of halogens is 2. The lowest BCUT2D eigenvalue weighted by Crippen LogP contribution is -2.04. The fourth-order valence-electron chi connectivity index (χ4n) is 2.12. The van der Waals surface area contributed by atoms with Gasteiger partial charge in [-0.2, -0.15) is 0 Å². The fourth-order valence-corrected chi connectivity index (χ4v) is 2.73. The summed E-state index contributed by atoms with van der Waals surface area (Å²) in [4.78, 5) is 0. The molecular weight excluding hydrogens is 273 g/mol. The molecule has 5 heteroatoms. The Hall–Kier alpha value is -0.740. The van der Waals surface area contributed by atoms with Crippen LogP contribution in [0.25, 0.3) is 10.9 Å². The molecule has 0 aliphatic rings. The number of methoxy groups -OCH3 is 1. The molecule has 1 aromatic heterocycles. The summed E-state index contributed by atoms with van der Waals surface area (Å²) < 4.78 is 7.00. The van der Waals surface area contributed by atoms with Crippen molar-refractivity contribution in [2.45, 2.75) is 19.6 Å². The van der Waals surface area contributed by atoms with Crippen molar-refractivity contribution in [3.05, 3.63) is 33.9 Å². The number of nitrogens with zero attached hydrogens (tertiary/aromatic N) is 1. The van der Waals surface area contributed by atoms with Crippen LogP contribution in [0.4, 0.5) is 0 Å². The van der Waals surface area contributed by atoms with Gasteiger partial charge in [0.25, 0.3) is 0 Å². The van der Waals surface area contributed by atoms with Gasteiger partial charge in [-0.25, -0.2) is 0 Å². The predicted octanol–water partition coefficient (Wildman–Crippen LogP) is 3.65. The first-order valence-electron chi connectivity index (χ1n) is 5.70. The SMILES string of the molecule is COCCn1c(Cl)c(C(C)O)c2cc(Cl)ccc21. The van der Waals surface area contributed by atoms with Gasteiger partial charge in [-0.1, -0.05) is 23.2 Å². The molecule has 98 valence electrons. The van der Waals surface area contributed by atoms with E-state index in [1.54, 1.807) is 14.0 Å². The van der Waals surface area contributed by atoms with E-state index in [4.69, 9.17) is 27.9 Å². The lowest BCUT2D eigenvalue weighted by atomic mass is 10.1. The normalized spacial score (nSPS) is 13.2. The Morgan fingerprint density at radius 3 is 2.72 bits per heavy atom. The zero-order valence-electron chi connectivity index (χ0n) is 10.3. The monoisotopic (exact) mass is 287 g/mol. The quantitative estimate of drug-likeness (QED) is 0.932. The second-order valence-electron chi connectivity index (χ2n) is 4.19. The van der Waals surface area contributed by atoms with Gasteiger partial charge in [-0.3, -0.25) is 0 Å². The van der Waals surface area contributed by atoms with Crippen LogP contribution in [0.5, 0.6) is 0 Å². The van der Waals surface area contributed by atoms with E-state index in [0.29, 0.717) is 28.9 Å². The molecule has 0 aliphatic carbocycles. The van der Waals surface area contributed by atoms with Crippen molar-refractivity contribution in [3.8, 4) is 0 Å². The summed E-state index contributed by atoms with van der Waals surface area (Å²) in [6.45, 7) is 2.90. The van der Waals surface area contributed by atoms with Crippen LogP contribution >= 0.6 is 23.2 Å². The summed E-state index contributed by atoms with van der Waals surface area (Å²) in [7, 11) is 1.64. The topological polar surface area (TPSA) is 34.4 Å². The van der Waals surface area contributed by atoms with Crippen molar-refractivity contribution in [2.75, 3.05) is 13.7 Å². The number of ether oxygens (including phenoxy) is 1. The Labute approximate surface area is 116 Å². The van der Waals surface area contributed by atoms with Crippen LogP contribution in [0.1, 0.15) is 18.6 Å². The molecule has 2 rings (SSSR count). The van der Waals surface area contributed by atoms with Crippen molar-refractivity contribution >= 4 is 34.1 Å². The first-order chi connectivity index (χ1) is 8.56. The van der Waals surface area contributed by atoms with Gasteiger partial charge >= 0.3 is 0 Å². The smallest absolute Gasteiger partial charge is 0.115 e. The van der Waals surface area contributed by atoms with Crippen molar-refractivity contribution in [3.63, 3.8) is 0 Å². The Morgan fingerprint density at radius 2 is 2.11 bits per heavy atom. The summed E-state index contributed by atoms with van der Waals surface area (Å²) in [5, 5.41) is 11.9. The van der Waals surface area contributed by atoms with E-state index in [1.807, 2.05) is 22.8 Å². The van der Waals surface area contributed by atoms with Crippen molar-refractivity contribution < 1.29 is 9.84 Å². The molecule has 1 heterocycles. The summed E-state index contributed by atoms with van der Waals surface area (Å²) in [6.07, 6.45) is -0.637. The maximum Gasteiger partial charge on any atom is 0.115 e. The molecule has 0 radical (unpaired) electrons. The van der Waals surface area contributed by atoms with Crippen molar-refractivity contribution in [2.24, 2.45) is 0 Å². The molecule has 0 spiro atoms. The van der Waals surface area contributed by atoms with Crippen LogP contribution in [-0.2, 0) is 11.3 Å². The third-order valence-electron chi connectivity index (χ3n) is 2.94. The summed E-state index contributed by atoms with van der Waals surface area (Å²) in [5.74, 6) is 0. The maximum absolute atomic E-state index is 9.86. The number of fused-ring (bicyclic) bond motifs is 1. The van der Waals surface area contributed by atoms with Crippen LogP contribution in [0.3, 0.4) is 0 Å². The van der Waals surface area contributed by atoms with E-state index < -0.39 is 6.10 Å². The van der Waals surface area contributed by atoms with Crippen molar-refractivity contribution in [1.29, 1.82) is 0 Å². The lowest BCUT2D eigenvalue weighted by Gasteiger charge is -2.07. The second-order valence-corrected chi connectivity index (χ2v) is 4.98. The molecule has 3 nitrogen and oxygen atoms in total.